The lowest BCUT2D eigenvalue weighted by Gasteiger charge is -2.67. The minimum atomic E-state index is -1.30. The Morgan fingerprint density at radius 1 is 1.04 bits per heavy atom. The molecule has 2 aromatic carbocycles. The maximum Gasteiger partial charge on any atom is 0.345 e. The summed E-state index contributed by atoms with van der Waals surface area (Å²) < 4.78 is 32.1. The molecule has 50 heavy (non-hydrogen) atoms. The minimum Gasteiger partial charge on any atom is -0.482 e. The molecule has 256 valence electrons. The van der Waals surface area contributed by atoms with Gasteiger partial charge in [-0.05, 0) is 61.8 Å². The number of nitrogens with zero attached hydrogens (tertiary/aromatic N) is 2. The van der Waals surface area contributed by atoms with E-state index in [-0.39, 0.29) is 40.2 Å². The van der Waals surface area contributed by atoms with Gasteiger partial charge in [0.05, 0.1) is 29.9 Å². The summed E-state index contributed by atoms with van der Waals surface area (Å²) in [5.74, 6) is -1.14. The van der Waals surface area contributed by atoms with Crippen molar-refractivity contribution in [3.63, 3.8) is 0 Å². The van der Waals surface area contributed by atoms with Crippen LogP contribution in [0.1, 0.15) is 79.5 Å². The van der Waals surface area contributed by atoms with Crippen LogP contribution < -0.4 is 10.4 Å². The largest absolute Gasteiger partial charge is 0.482 e. The van der Waals surface area contributed by atoms with E-state index in [0.717, 1.165) is 5.56 Å². The van der Waals surface area contributed by atoms with E-state index in [2.05, 4.69) is 24.9 Å². The number of aliphatic hydroxyl groups is 1. The first-order chi connectivity index (χ1) is 24.1. The SMILES string of the molecule is CC12COC(c3ccccc3)O[C@H]1CC[C@@]1(C)C2C[C@H](OC(=O)c2ccccc2C#N)[C@@]2(C)Oc3cc(-c4cccnc4)oc(=O)c3[C@H](O)C12. The smallest absolute Gasteiger partial charge is 0.345 e. The summed E-state index contributed by atoms with van der Waals surface area (Å²) in [5, 5.41) is 22.2. The number of rotatable bonds is 4. The number of carbonyl (C=O) groups is 1. The van der Waals surface area contributed by atoms with E-state index in [1.54, 1.807) is 54.9 Å². The summed E-state index contributed by atoms with van der Waals surface area (Å²) in [6.07, 6.45) is 2.04. The van der Waals surface area contributed by atoms with Gasteiger partial charge < -0.3 is 28.5 Å². The van der Waals surface area contributed by atoms with Crippen LogP contribution in [0, 0.1) is 34.0 Å². The maximum absolute atomic E-state index is 13.9. The molecule has 0 bridgehead atoms. The lowest BCUT2D eigenvalue weighted by Crippen LogP contribution is -2.72. The zero-order valence-corrected chi connectivity index (χ0v) is 28.1. The number of esters is 1. The Hall–Kier alpha value is -4.82. The van der Waals surface area contributed by atoms with Crippen LogP contribution in [0.3, 0.4) is 0 Å². The molecule has 0 amide bonds. The van der Waals surface area contributed by atoms with Crippen LogP contribution >= 0.6 is 0 Å². The number of hydrogen-bond acceptors (Lipinski definition) is 10. The first kappa shape index (κ1) is 32.4. The average molecular weight is 675 g/mol. The van der Waals surface area contributed by atoms with Crippen LogP contribution in [-0.2, 0) is 14.2 Å². The van der Waals surface area contributed by atoms with Gasteiger partial charge in [-0.2, -0.15) is 5.26 Å². The Morgan fingerprint density at radius 3 is 2.58 bits per heavy atom. The van der Waals surface area contributed by atoms with Crippen molar-refractivity contribution in [1.29, 1.82) is 5.26 Å². The molecule has 4 unspecified atom stereocenters. The molecule has 2 aliphatic heterocycles. The fourth-order valence-electron chi connectivity index (χ4n) is 9.59. The van der Waals surface area contributed by atoms with E-state index in [9.17, 15) is 20.0 Å². The van der Waals surface area contributed by atoms with Crippen LogP contribution in [0.4, 0.5) is 0 Å². The summed E-state index contributed by atoms with van der Waals surface area (Å²) >= 11 is 0. The molecule has 9 atom stereocenters. The summed E-state index contributed by atoms with van der Waals surface area (Å²) in [5.41, 5.74) is -1.24. The summed E-state index contributed by atoms with van der Waals surface area (Å²) in [4.78, 5) is 31.8. The van der Waals surface area contributed by atoms with Gasteiger partial charge in [-0.3, -0.25) is 4.98 Å². The number of aromatic nitrogens is 1. The molecule has 1 N–H and O–H groups in total. The van der Waals surface area contributed by atoms with E-state index in [4.69, 9.17) is 23.4 Å². The zero-order chi connectivity index (χ0) is 34.8. The molecule has 2 saturated carbocycles. The van der Waals surface area contributed by atoms with Crippen molar-refractivity contribution in [2.45, 2.75) is 70.2 Å². The molecular formula is C40H38N2O8. The molecule has 3 fully saturated rings. The number of pyridine rings is 1. The first-order valence-corrected chi connectivity index (χ1v) is 17.0. The maximum atomic E-state index is 13.9. The molecule has 4 aromatic rings. The van der Waals surface area contributed by atoms with Gasteiger partial charge in [-0.1, -0.05) is 56.3 Å². The van der Waals surface area contributed by atoms with E-state index < -0.39 is 52.4 Å². The van der Waals surface area contributed by atoms with Crippen LogP contribution in [0.5, 0.6) is 5.75 Å². The zero-order valence-electron chi connectivity index (χ0n) is 28.1. The standard InChI is InChI=1S/C40H38N2O8/c1-38-16-15-30-39(2,22-46-37(49-30)23-10-5-4-6-11-23)29(38)19-31(48-35(44)26-14-8-7-12-24(26)20-41)40(3)34(38)33(43)32-28(50-40)18-27(47-36(32)45)25-13-9-17-42-21-25/h4-14,17-18,21,29-31,33-34,37,43H,15-16,19,22H2,1-3H3/t29?,30-,31-,33-,34?,37?,38-,39?,40+/m0/s1. The van der Waals surface area contributed by atoms with Gasteiger partial charge in [0.2, 0.25) is 0 Å². The molecule has 0 radical (unpaired) electrons. The van der Waals surface area contributed by atoms with Crippen molar-refractivity contribution >= 4 is 5.97 Å². The average Bonchev–Trinajstić information content (AvgIpc) is 3.12. The van der Waals surface area contributed by atoms with Crippen molar-refractivity contribution in [1.82, 2.24) is 4.98 Å². The molecule has 8 rings (SSSR count). The normalized spacial score (nSPS) is 34.1. The lowest BCUT2D eigenvalue weighted by molar-refractivity contribution is -0.330. The van der Waals surface area contributed by atoms with Crippen molar-refractivity contribution in [3.05, 3.63) is 118 Å². The van der Waals surface area contributed by atoms with E-state index in [0.29, 0.717) is 31.4 Å². The molecule has 10 nitrogen and oxygen atoms in total. The number of nitriles is 1. The highest BCUT2D eigenvalue weighted by Gasteiger charge is 2.71. The highest BCUT2D eigenvalue weighted by atomic mass is 16.7. The molecule has 10 heteroatoms. The fraction of sp³-hybridized carbons (Fsp3) is 0.400. The van der Waals surface area contributed by atoms with Crippen molar-refractivity contribution in [2.75, 3.05) is 6.61 Å². The molecule has 1 saturated heterocycles. The van der Waals surface area contributed by atoms with E-state index in [1.807, 2.05) is 37.3 Å². The van der Waals surface area contributed by atoms with Crippen molar-refractivity contribution in [3.8, 4) is 23.1 Å². The summed E-state index contributed by atoms with van der Waals surface area (Å²) in [6, 6.07) is 23.5. The van der Waals surface area contributed by atoms with Gasteiger partial charge in [-0.15, -0.1) is 0 Å². The Morgan fingerprint density at radius 2 is 1.82 bits per heavy atom. The highest BCUT2D eigenvalue weighted by molar-refractivity contribution is 5.92. The topological polar surface area (TPSA) is 141 Å². The summed E-state index contributed by atoms with van der Waals surface area (Å²) in [6.45, 7) is 6.51. The lowest BCUT2D eigenvalue weighted by atomic mass is 9.42. The Labute approximate surface area is 289 Å². The second-order valence-electron chi connectivity index (χ2n) is 14.7. The third-order valence-electron chi connectivity index (χ3n) is 11.9. The van der Waals surface area contributed by atoms with Gasteiger partial charge in [0, 0.05) is 40.9 Å². The predicted molar refractivity (Wildman–Crippen MR) is 180 cm³/mol. The molecule has 2 aromatic heterocycles. The monoisotopic (exact) mass is 674 g/mol. The van der Waals surface area contributed by atoms with Crippen LogP contribution in [0.2, 0.25) is 0 Å². The third-order valence-corrected chi connectivity index (χ3v) is 11.9. The van der Waals surface area contributed by atoms with E-state index >= 15 is 0 Å². The molecular weight excluding hydrogens is 636 g/mol. The second-order valence-corrected chi connectivity index (χ2v) is 14.7. The number of carbonyl (C=O) groups excluding carboxylic acids is 1. The Bertz CT molecular complexity index is 2050. The van der Waals surface area contributed by atoms with E-state index in [1.165, 1.54) is 0 Å². The van der Waals surface area contributed by atoms with Gasteiger partial charge in [-0.25, -0.2) is 9.59 Å². The highest BCUT2D eigenvalue weighted by Crippen LogP contribution is 2.68. The third kappa shape index (κ3) is 4.90. The second kappa shape index (κ2) is 11.9. The summed E-state index contributed by atoms with van der Waals surface area (Å²) in [7, 11) is 0. The van der Waals surface area contributed by atoms with Crippen LogP contribution in [0.15, 0.2) is 94.4 Å². The Kier molecular flexibility index (Phi) is 7.71. The quantitative estimate of drug-likeness (QED) is 0.237. The van der Waals surface area contributed by atoms with Gasteiger partial charge >= 0.3 is 11.6 Å². The molecule has 4 heterocycles. The van der Waals surface area contributed by atoms with Crippen molar-refractivity contribution in [2.24, 2.45) is 22.7 Å². The molecule has 4 aliphatic rings. The number of ether oxygens (including phenoxy) is 4. The number of aliphatic hydroxyl groups excluding tert-OH is 1. The van der Waals surface area contributed by atoms with Gasteiger partial charge in [0.15, 0.2) is 6.29 Å². The van der Waals surface area contributed by atoms with Crippen LogP contribution in [-0.4, -0.2) is 40.5 Å². The number of fused-ring (bicyclic) bond motifs is 6. The fourth-order valence-corrected chi connectivity index (χ4v) is 9.59. The molecule has 2 aliphatic carbocycles. The predicted octanol–water partition coefficient (Wildman–Crippen LogP) is 6.54. The Balaban J connectivity index is 1.22. The molecule has 0 spiro atoms. The first-order valence-electron chi connectivity index (χ1n) is 17.0. The van der Waals surface area contributed by atoms with Gasteiger partial charge in [0.1, 0.15) is 34.8 Å². The number of hydrogen-bond donors (Lipinski definition) is 1. The van der Waals surface area contributed by atoms with Crippen LogP contribution in [0.25, 0.3) is 11.3 Å². The van der Waals surface area contributed by atoms with Crippen molar-refractivity contribution < 1.29 is 33.3 Å². The number of benzene rings is 2. The minimum absolute atomic E-state index is 0.0365. The van der Waals surface area contributed by atoms with Gasteiger partial charge in [0.25, 0.3) is 0 Å².